The third kappa shape index (κ3) is 2.92. The first kappa shape index (κ1) is 14.3. The Kier molecular flexibility index (Phi) is 4.05. The molecule has 0 aliphatic carbocycles. The topological polar surface area (TPSA) is 88.1 Å². The minimum absolute atomic E-state index is 0.0291. The molecule has 2 aromatic carbocycles. The highest BCUT2D eigenvalue weighted by Crippen LogP contribution is 2.26. The number of amides is 1. The van der Waals surface area contributed by atoms with Gasteiger partial charge < -0.3 is 15.8 Å². The molecule has 0 aliphatic heterocycles. The Hall–Kier alpha value is -3.07. The minimum Gasteiger partial charge on any atom is -0.495 e. The van der Waals surface area contributed by atoms with Crippen LogP contribution in [0.15, 0.2) is 36.4 Å². The summed E-state index contributed by atoms with van der Waals surface area (Å²) in [5.41, 5.74) is 6.12. The monoisotopic (exact) mass is 285 g/mol. The third-order valence-corrected chi connectivity index (χ3v) is 2.88. The molecule has 2 rings (SSSR count). The van der Waals surface area contributed by atoms with Crippen LogP contribution < -0.4 is 15.8 Å². The molecule has 0 atom stereocenters. The fraction of sp³-hybridized carbons (Fsp3) is 0.0667. The number of methoxy groups -OCH3 is 1. The summed E-state index contributed by atoms with van der Waals surface area (Å²) in [5, 5.41) is 11.4. The van der Waals surface area contributed by atoms with Crippen LogP contribution in [0.2, 0.25) is 0 Å². The number of hydrogen-bond acceptors (Lipinski definition) is 4. The number of para-hydroxylation sites is 1. The molecule has 0 heterocycles. The largest absolute Gasteiger partial charge is 0.495 e. The lowest BCUT2D eigenvalue weighted by Crippen LogP contribution is -2.15. The molecule has 1 amide bonds. The van der Waals surface area contributed by atoms with Crippen molar-refractivity contribution in [3.05, 3.63) is 53.3 Å². The number of hydrogen-bond donors (Lipinski definition) is 2. The van der Waals surface area contributed by atoms with E-state index < -0.39 is 11.7 Å². The van der Waals surface area contributed by atoms with Crippen LogP contribution in [0.1, 0.15) is 15.9 Å². The van der Waals surface area contributed by atoms with E-state index in [-0.39, 0.29) is 11.3 Å². The number of benzene rings is 2. The highest BCUT2D eigenvalue weighted by molar-refractivity contribution is 6.08. The van der Waals surface area contributed by atoms with Crippen molar-refractivity contribution < 1.29 is 13.9 Å². The first-order valence-electron chi connectivity index (χ1n) is 6.00. The van der Waals surface area contributed by atoms with Gasteiger partial charge in [0, 0.05) is 6.07 Å². The SMILES string of the molecule is COc1cc(C#N)ccc1NC(=O)c1cccc(F)c1N. The quantitative estimate of drug-likeness (QED) is 0.848. The van der Waals surface area contributed by atoms with Crippen LogP contribution >= 0.6 is 0 Å². The Morgan fingerprint density at radius 1 is 1.38 bits per heavy atom. The second-order valence-electron chi connectivity index (χ2n) is 4.18. The fourth-order valence-corrected chi connectivity index (χ4v) is 1.79. The van der Waals surface area contributed by atoms with Gasteiger partial charge in [0.15, 0.2) is 0 Å². The van der Waals surface area contributed by atoms with E-state index in [0.29, 0.717) is 17.0 Å². The highest BCUT2D eigenvalue weighted by atomic mass is 19.1. The first-order chi connectivity index (χ1) is 10.1. The van der Waals surface area contributed by atoms with E-state index in [1.807, 2.05) is 6.07 Å². The zero-order chi connectivity index (χ0) is 15.4. The van der Waals surface area contributed by atoms with Gasteiger partial charge in [-0.1, -0.05) is 6.07 Å². The Balaban J connectivity index is 2.32. The van der Waals surface area contributed by atoms with Gasteiger partial charge in [0.25, 0.3) is 5.91 Å². The van der Waals surface area contributed by atoms with Crippen LogP contribution in [0.5, 0.6) is 5.75 Å². The number of rotatable bonds is 3. The van der Waals surface area contributed by atoms with Gasteiger partial charge in [0.1, 0.15) is 11.6 Å². The Morgan fingerprint density at radius 2 is 2.14 bits per heavy atom. The predicted molar refractivity (Wildman–Crippen MR) is 76.5 cm³/mol. The maximum Gasteiger partial charge on any atom is 0.257 e. The highest BCUT2D eigenvalue weighted by Gasteiger charge is 2.14. The fourth-order valence-electron chi connectivity index (χ4n) is 1.79. The molecule has 0 aromatic heterocycles. The Labute approximate surface area is 120 Å². The molecule has 3 N–H and O–H groups in total. The number of nitrogens with one attached hydrogen (secondary N) is 1. The summed E-state index contributed by atoms with van der Waals surface area (Å²) < 4.78 is 18.5. The van der Waals surface area contributed by atoms with Gasteiger partial charge in [-0.15, -0.1) is 0 Å². The number of nitrogens with two attached hydrogens (primary N) is 1. The molecular formula is C15H12FN3O2. The second-order valence-corrected chi connectivity index (χ2v) is 4.18. The molecule has 5 nitrogen and oxygen atoms in total. The molecule has 0 spiro atoms. The lowest BCUT2D eigenvalue weighted by atomic mass is 10.1. The van der Waals surface area contributed by atoms with Gasteiger partial charge in [-0.25, -0.2) is 4.39 Å². The van der Waals surface area contributed by atoms with E-state index in [1.54, 1.807) is 0 Å². The van der Waals surface area contributed by atoms with Crippen molar-refractivity contribution in [1.82, 2.24) is 0 Å². The van der Waals surface area contributed by atoms with Crippen molar-refractivity contribution in [2.45, 2.75) is 0 Å². The number of carbonyl (C=O) groups excluding carboxylic acids is 1. The number of nitriles is 1. The Morgan fingerprint density at radius 3 is 2.81 bits per heavy atom. The number of halogens is 1. The number of ether oxygens (including phenoxy) is 1. The molecule has 21 heavy (non-hydrogen) atoms. The van der Waals surface area contributed by atoms with Gasteiger partial charge in [-0.3, -0.25) is 4.79 Å². The molecular weight excluding hydrogens is 273 g/mol. The van der Waals surface area contributed by atoms with Crippen LogP contribution in [0.25, 0.3) is 0 Å². The van der Waals surface area contributed by atoms with Crippen molar-refractivity contribution in [2.24, 2.45) is 0 Å². The normalized spacial score (nSPS) is 9.76. The zero-order valence-corrected chi connectivity index (χ0v) is 11.2. The Bertz CT molecular complexity index is 738. The lowest BCUT2D eigenvalue weighted by molar-refractivity contribution is 0.102. The van der Waals surface area contributed by atoms with Crippen LogP contribution in [0, 0.1) is 17.1 Å². The maximum absolute atomic E-state index is 13.4. The van der Waals surface area contributed by atoms with E-state index in [0.717, 1.165) is 0 Å². The van der Waals surface area contributed by atoms with Crippen LogP contribution in [0.3, 0.4) is 0 Å². The summed E-state index contributed by atoms with van der Waals surface area (Å²) in [6.07, 6.45) is 0. The summed E-state index contributed by atoms with van der Waals surface area (Å²) in [6, 6.07) is 10.5. The number of nitrogen functional groups attached to an aromatic ring is 1. The zero-order valence-electron chi connectivity index (χ0n) is 11.2. The number of nitrogens with zero attached hydrogens (tertiary/aromatic N) is 1. The van der Waals surface area contributed by atoms with Crippen molar-refractivity contribution in [3.8, 4) is 11.8 Å². The summed E-state index contributed by atoms with van der Waals surface area (Å²) in [4.78, 5) is 12.1. The molecule has 0 radical (unpaired) electrons. The van der Waals surface area contributed by atoms with Crippen molar-refractivity contribution in [2.75, 3.05) is 18.2 Å². The molecule has 0 saturated carbocycles. The number of anilines is 2. The molecule has 0 aliphatic rings. The average molecular weight is 285 g/mol. The molecule has 106 valence electrons. The van der Waals surface area contributed by atoms with Gasteiger partial charge in [0.2, 0.25) is 0 Å². The van der Waals surface area contributed by atoms with Crippen LogP contribution in [0.4, 0.5) is 15.8 Å². The van der Waals surface area contributed by atoms with Crippen molar-refractivity contribution in [1.29, 1.82) is 5.26 Å². The standard InChI is InChI=1S/C15H12FN3O2/c1-21-13-7-9(8-17)5-6-12(13)19-15(20)10-3-2-4-11(16)14(10)18/h2-7H,18H2,1H3,(H,19,20). The molecule has 0 bridgehead atoms. The van der Waals surface area contributed by atoms with E-state index in [1.165, 1.54) is 43.5 Å². The molecule has 0 fully saturated rings. The lowest BCUT2D eigenvalue weighted by Gasteiger charge is -2.11. The predicted octanol–water partition coefficient (Wildman–Crippen LogP) is 2.54. The summed E-state index contributed by atoms with van der Waals surface area (Å²) in [7, 11) is 1.42. The van der Waals surface area contributed by atoms with E-state index >= 15 is 0 Å². The third-order valence-electron chi connectivity index (χ3n) is 2.88. The second kappa shape index (κ2) is 5.92. The van der Waals surface area contributed by atoms with Gasteiger partial charge in [0.05, 0.1) is 35.7 Å². The van der Waals surface area contributed by atoms with Gasteiger partial charge in [-0.05, 0) is 24.3 Å². The molecule has 2 aromatic rings. The molecule has 0 saturated heterocycles. The van der Waals surface area contributed by atoms with Crippen LogP contribution in [-0.4, -0.2) is 13.0 Å². The van der Waals surface area contributed by atoms with E-state index in [9.17, 15) is 9.18 Å². The smallest absolute Gasteiger partial charge is 0.257 e. The molecule has 6 heteroatoms. The summed E-state index contributed by atoms with van der Waals surface area (Å²) >= 11 is 0. The molecule has 0 unspecified atom stereocenters. The first-order valence-corrected chi connectivity index (χ1v) is 6.00. The van der Waals surface area contributed by atoms with Crippen LogP contribution in [-0.2, 0) is 0 Å². The van der Waals surface area contributed by atoms with E-state index in [2.05, 4.69) is 5.32 Å². The summed E-state index contributed by atoms with van der Waals surface area (Å²) in [5.74, 6) is -0.887. The average Bonchev–Trinajstić information content (AvgIpc) is 2.50. The number of carbonyl (C=O) groups is 1. The van der Waals surface area contributed by atoms with Gasteiger partial charge in [-0.2, -0.15) is 5.26 Å². The van der Waals surface area contributed by atoms with Crippen molar-refractivity contribution >= 4 is 17.3 Å². The van der Waals surface area contributed by atoms with Crippen molar-refractivity contribution in [3.63, 3.8) is 0 Å². The maximum atomic E-state index is 13.4. The summed E-state index contributed by atoms with van der Waals surface area (Å²) in [6.45, 7) is 0. The van der Waals surface area contributed by atoms with E-state index in [4.69, 9.17) is 15.7 Å². The van der Waals surface area contributed by atoms with Gasteiger partial charge >= 0.3 is 0 Å². The minimum atomic E-state index is -0.658.